The molecule has 6 nitrogen and oxygen atoms in total. The molecule has 8 heteroatoms. The molecule has 26 heavy (non-hydrogen) atoms. The average molecular weight is 390 g/mol. The number of benzene rings is 2. The molecule has 0 saturated carbocycles. The van der Waals surface area contributed by atoms with Crippen LogP contribution < -0.4 is 0 Å². The maximum absolute atomic E-state index is 13.1. The summed E-state index contributed by atoms with van der Waals surface area (Å²) < 4.78 is 1.48. The highest BCUT2D eigenvalue weighted by molar-refractivity contribution is 6.42. The van der Waals surface area contributed by atoms with Gasteiger partial charge in [-0.15, -0.1) is 5.10 Å². The van der Waals surface area contributed by atoms with Crippen molar-refractivity contribution in [1.29, 1.82) is 0 Å². The van der Waals surface area contributed by atoms with E-state index >= 15 is 0 Å². The molecular weight excluding hydrogens is 373 g/mol. The molecule has 3 aromatic rings. The monoisotopic (exact) mass is 389 g/mol. The molecule has 1 atom stereocenters. The summed E-state index contributed by atoms with van der Waals surface area (Å²) in [5, 5.41) is 12.2. The van der Waals surface area contributed by atoms with Crippen molar-refractivity contribution in [2.24, 2.45) is 0 Å². The standard InChI is InChI=1S/C18H17Cl2N5O/c1-24(11-14-8-5-9-15(19)17(14)20)18(26)16(25-12-21-22-23-25)10-13-6-3-2-4-7-13/h2-9,12,16H,10-11H2,1H3/t16-/m1/s1. The third-order valence-electron chi connectivity index (χ3n) is 4.06. The van der Waals surface area contributed by atoms with Gasteiger partial charge in [0.25, 0.3) is 0 Å². The zero-order valence-corrected chi connectivity index (χ0v) is 15.6. The van der Waals surface area contributed by atoms with Crippen LogP contribution in [0.25, 0.3) is 0 Å². The van der Waals surface area contributed by atoms with Gasteiger partial charge in [-0.1, -0.05) is 65.7 Å². The quantitative estimate of drug-likeness (QED) is 0.647. The van der Waals surface area contributed by atoms with E-state index in [9.17, 15) is 4.79 Å². The number of likely N-dealkylation sites (N-methyl/N-ethyl adjacent to an activating group) is 1. The summed E-state index contributed by atoms with van der Waals surface area (Å²) in [4.78, 5) is 14.7. The summed E-state index contributed by atoms with van der Waals surface area (Å²) in [6.45, 7) is 0.339. The van der Waals surface area contributed by atoms with Crippen LogP contribution in [0, 0.1) is 0 Å². The molecule has 1 amide bonds. The Morgan fingerprint density at radius 3 is 2.62 bits per heavy atom. The molecule has 3 rings (SSSR count). The Bertz CT molecular complexity index is 871. The molecule has 0 N–H and O–H groups in total. The van der Waals surface area contributed by atoms with Crippen LogP contribution in [-0.4, -0.2) is 38.1 Å². The number of hydrogen-bond acceptors (Lipinski definition) is 4. The van der Waals surface area contributed by atoms with Crippen LogP contribution in [0.1, 0.15) is 17.2 Å². The number of carbonyl (C=O) groups excluding carboxylic acids is 1. The van der Waals surface area contributed by atoms with Gasteiger partial charge in [0.1, 0.15) is 12.4 Å². The normalized spacial score (nSPS) is 12.0. The largest absolute Gasteiger partial charge is 0.340 e. The average Bonchev–Trinajstić information content (AvgIpc) is 3.18. The molecule has 0 unspecified atom stereocenters. The molecule has 0 radical (unpaired) electrons. The predicted octanol–water partition coefficient (Wildman–Crippen LogP) is 3.42. The maximum Gasteiger partial charge on any atom is 0.247 e. The Morgan fingerprint density at radius 2 is 1.92 bits per heavy atom. The zero-order chi connectivity index (χ0) is 18.5. The van der Waals surface area contributed by atoms with Crippen LogP contribution in [0.15, 0.2) is 54.9 Å². The molecule has 0 aliphatic carbocycles. The first-order valence-electron chi connectivity index (χ1n) is 8.00. The van der Waals surface area contributed by atoms with E-state index in [0.717, 1.165) is 11.1 Å². The van der Waals surface area contributed by atoms with E-state index in [2.05, 4.69) is 15.5 Å². The highest BCUT2D eigenvalue weighted by Gasteiger charge is 2.26. The van der Waals surface area contributed by atoms with Crippen LogP contribution in [0.4, 0.5) is 0 Å². The summed E-state index contributed by atoms with van der Waals surface area (Å²) >= 11 is 12.3. The molecule has 0 aliphatic rings. The van der Waals surface area contributed by atoms with Crippen molar-refractivity contribution in [2.45, 2.75) is 19.0 Å². The van der Waals surface area contributed by atoms with Crippen molar-refractivity contribution in [3.63, 3.8) is 0 Å². The summed E-state index contributed by atoms with van der Waals surface area (Å²) in [5.41, 5.74) is 1.81. The van der Waals surface area contributed by atoms with Crippen LogP contribution in [0.5, 0.6) is 0 Å². The first-order chi connectivity index (χ1) is 12.6. The first-order valence-corrected chi connectivity index (χ1v) is 8.76. The minimum absolute atomic E-state index is 0.114. The smallest absolute Gasteiger partial charge is 0.247 e. The lowest BCUT2D eigenvalue weighted by atomic mass is 10.0. The van der Waals surface area contributed by atoms with Crippen molar-refractivity contribution in [2.75, 3.05) is 7.05 Å². The lowest BCUT2D eigenvalue weighted by Crippen LogP contribution is -2.35. The fourth-order valence-corrected chi connectivity index (χ4v) is 3.08. The molecule has 2 aromatic carbocycles. The van der Waals surface area contributed by atoms with E-state index in [4.69, 9.17) is 23.2 Å². The fraction of sp³-hybridized carbons (Fsp3) is 0.222. The molecule has 134 valence electrons. The minimum atomic E-state index is -0.546. The van der Waals surface area contributed by atoms with Crippen LogP contribution in [0.2, 0.25) is 10.0 Å². The molecule has 0 spiro atoms. The van der Waals surface area contributed by atoms with Crippen molar-refractivity contribution < 1.29 is 4.79 Å². The predicted molar refractivity (Wildman–Crippen MR) is 99.9 cm³/mol. The number of rotatable bonds is 6. The van der Waals surface area contributed by atoms with Crippen molar-refractivity contribution >= 4 is 29.1 Å². The Morgan fingerprint density at radius 1 is 1.15 bits per heavy atom. The van der Waals surface area contributed by atoms with E-state index in [1.165, 1.54) is 11.0 Å². The second-order valence-electron chi connectivity index (χ2n) is 5.90. The Kier molecular flexibility index (Phi) is 5.85. The lowest BCUT2D eigenvalue weighted by molar-refractivity contribution is -0.134. The SMILES string of the molecule is CN(Cc1cccc(Cl)c1Cl)C(=O)[C@@H](Cc1ccccc1)n1cnnn1. The van der Waals surface area contributed by atoms with E-state index < -0.39 is 6.04 Å². The summed E-state index contributed by atoms with van der Waals surface area (Å²) in [7, 11) is 1.72. The van der Waals surface area contributed by atoms with Gasteiger partial charge in [0.15, 0.2) is 0 Å². The molecule has 0 saturated heterocycles. The highest BCUT2D eigenvalue weighted by atomic mass is 35.5. The zero-order valence-electron chi connectivity index (χ0n) is 14.1. The molecule has 1 aromatic heterocycles. The molecule has 0 aliphatic heterocycles. The van der Waals surface area contributed by atoms with Gasteiger partial charge in [-0.05, 0) is 27.6 Å². The number of carbonyl (C=O) groups is 1. The van der Waals surface area contributed by atoms with Crippen LogP contribution >= 0.6 is 23.2 Å². The lowest BCUT2D eigenvalue weighted by Gasteiger charge is -2.24. The van der Waals surface area contributed by atoms with Gasteiger partial charge in [-0.2, -0.15) is 0 Å². The second-order valence-corrected chi connectivity index (χ2v) is 6.69. The summed E-state index contributed by atoms with van der Waals surface area (Å²) in [5.74, 6) is -0.114. The highest BCUT2D eigenvalue weighted by Crippen LogP contribution is 2.27. The third kappa shape index (κ3) is 4.20. The second kappa shape index (κ2) is 8.29. The Hall–Kier alpha value is -2.44. The third-order valence-corrected chi connectivity index (χ3v) is 4.91. The summed E-state index contributed by atoms with van der Waals surface area (Å²) in [6.07, 6.45) is 1.93. The molecule has 0 bridgehead atoms. The van der Waals surface area contributed by atoms with Crippen molar-refractivity contribution in [3.8, 4) is 0 Å². The van der Waals surface area contributed by atoms with Gasteiger partial charge in [-0.3, -0.25) is 4.79 Å². The van der Waals surface area contributed by atoms with E-state index in [1.807, 2.05) is 42.5 Å². The van der Waals surface area contributed by atoms with Crippen molar-refractivity contribution in [3.05, 3.63) is 76.0 Å². The first kappa shape index (κ1) is 18.4. The van der Waals surface area contributed by atoms with E-state index in [1.54, 1.807) is 18.0 Å². The maximum atomic E-state index is 13.1. The van der Waals surface area contributed by atoms with Gasteiger partial charge in [0, 0.05) is 20.0 Å². The molecule has 0 fully saturated rings. The number of halogens is 2. The van der Waals surface area contributed by atoms with Gasteiger partial charge in [0.2, 0.25) is 5.91 Å². The number of nitrogens with zero attached hydrogens (tertiary/aromatic N) is 5. The van der Waals surface area contributed by atoms with Crippen molar-refractivity contribution in [1.82, 2.24) is 25.1 Å². The molecule has 1 heterocycles. The fourth-order valence-electron chi connectivity index (χ4n) is 2.70. The number of tetrazole rings is 1. The van der Waals surface area contributed by atoms with Crippen LogP contribution in [-0.2, 0) is 17.8 Å². The number of amides is 1. The molecular formula is C18H17Cl2N5O. The van der Waals surface area contributed by atoms with Gasteiger partial charge in [-0.25, -0.2) is 4.68 Å². The Balaban J connectivity index is 1.81. The topological polar surface area (TPSA) is 63.9 Å². The summed E-state index contributed by atoms with van der Waals surface area (Å²) in [6, 6.07) is 14.6. The van der Waals surface area contributed by atoms with E-state index in [0.29, 0.717) is 23.0 Å². The van der Waals surface area contributed by atoms with E-state index in [-0.39, 0.29) is 5.91 Å². The number of aromatic nitrogens is 4. The van der Waals surface area contributed by atoms with Gasteiger partial charge < -0.3 is 4.90 Å². The Labute approximate surface area is 161 Å². The van der Waals surface area contributed by atoms with Gasteiger partial charge >= 0.3 is 0 Å². The van der Waals surface area contributed by atoms with Gasteiger partial charge in [0.05, 0.1) is 10.0 Å². The number of hydrogen-bond donors (Lipinski definition) is 0. The minimum Gasteiger partial charge on any atom is -0.340 e. The van der Waals surface area contributed by atoms with Crippen LogP contribution in [0.3, 0.4) is 0 Å².